The summed E-state index contributed by atoms with van der Waals surface area (Å²) in [5.41, 5.74) is 3.32. The van der Waals surface area contributed by atoms with Crippen LogP contribution in [0.1, 0.15) is 34.5 Å². The van der Waals surface area contributed by atoms with Crippen molar-refractivity contribution in [1.29, 1.82) is 0 Å². The Morgan fingerprint density at radius 3 is 2.75 bits per heavy atom. The lowest BCUT2D eigenvalue weighted by Crippen LogP contribution is -2.23. The molecular formula is C25H22FN3O2S. The molecule has 2 heterocycles. The fraction of sp³-hybridized carbons (Fsp3) is 0.200. The average molecular weight is 448 g/mol. The summed E-state index contributed by atoms with van der Waals surface area (Å²) in [4.78, 5) is 28.9. The van der Waals surface area contributed by atoms with Crippen LogP contribution >= 0.6 is 11.9 Å². The van der Waals surface area contributed by atoms with Gasteiger partial charge < -0.3 is 9.55 Å². The van der Waals surface area contributed by atoms with Crippen LogP contribution in [0.2, 0.25) is 0 Å². The summed E-state index contributed by atoms with van der Waals surface area (Å²) in [6, 6.07) is 15.9. The number of nitrogens with one attached hydrogen (secondary N) is 2. The van der Waals surface area contributed by atoms with Gasteiger partial charge in [-0.1, -0.05) is 29.8 Å². The monoisotopic (exact) mass is 447 g/mol. The zero-order valence-corrected chi connectivity index (χ0v) is 18.3. The molecule has 2 aromatic heterocycles. The number of aromatic amines is 1. The maximum Gasteiger partial charge on any atom is 0.278 e. The van der Waals surface area contributed by atoms with E-state index >= 15 is 0 Å². The van der Waals surface area contributed by atoms with Crippen molar-refractivity contribution in [2.45, 2.75) is 31.6 Å². The Labute approximate surface area is 188 Å². The molecule has 5 rings (SSSR count). The summed E-state index contributed by atoms with van der Waals surface area (Å²) >= 11 is 1.41. The number of benzene rings is 2. The van der Waals surface area contributed by atoms with Crippen molar-refractivity contribution in [2.75, 3.05) is 0 Å². The number of pyridine rings is 1. The van der Waals surface area contributed by atoms with Crippen molar-refractivity contribution in [2.24, 2.45) is 0 Å². The van der Waals surface area contributed by atoms with E-state index in [0.717, 1.165) is 29.3 Å². The standard InChI is InChI=1S/C25H22FN3O2S/c1-15-8-11-21-19(13-15)22(18-6-4-12-27-24(18)30)23(25(31)28-32-17-9-10-17)29(21)14-16-5-2-3-7-20(16)26/h2-8,11-13,17H,9-10,14H2,1H3,(H,27,30)(H,28,31). The van der Waals surface area contributed by atoms with E-state index in [0.29, 0.717) is 27.6 Å². The quantitative estimate of drug-likeness (QED) is 0.407. The first-order valence-electron chi connectivity index (χ1n) is 10.5. The fourth-order valence-corrected chi connectivity index (χ4v) is 4.67. The largest absolute Gasteiger partial charge is 0.331 e. The maximum atomic E-state index is 14.6. The number of aryl methyl sites for hydroxylation is 1. The van der Waals surface area contributed by atoms with Crippen LogP contribution in [-0.4, -0.2) is 20.7 Å². The molecule has 2 aromatic carbocycles. The molecule has 32 heavy (non-hydrogen) atoms. The van der Waals surface area contributed by atoms with Gasteiger partial charge >= 0.3 is 0 Å². The van der Waals surface area contributed by atoms with E-state index in [2.05, 4.69) is 9.71 Å². The van der Waals surface area contributed by atoms with E-state index in [1.165, 1.54) is 18.0 Å². The number of rotatable bonds is 6. The van der Waals surface area contributed by atoms with Crippen molar-refractivity contribution < 1.29 is 9.18 Å². The summed E-state index contributed by atoms with van der Waals surface area (Å²) in [5, 5.41) is 1.22. The van der Waals surface area contributed by atoms with Gasteiger partial charge in [-0.3, -0.25) is 14.3 Å². The van der Waals surface area contributed by atoms with Crippen LogP contribution in [-0.2, 0) is 6.54 Å². The Hall–Kier alpha value is -3.32. The van der Waals surface area contributed by atoms with Crippen molar-refractivity contribution >= 4 is 28.8 Å². The molecule has 5 nitrogen and oxygen atoms in total. The molecule has 1 fully saturated rings. The Balaban J connectivity index is 1.77. The highest BCUT2D eigenvalue weighted by molar-refractivity contribution is 7.98. The Kier molecular flexibility index (Phi) is 5.35. The van der Waals surface area contributed by atoms with Gasteiger partial charge in [0, 0.05) is 39.0 Å². The van der Waals surface area contributed by atoms with Crippen LogP contribution in [0.5, 0.6) is 0 Å². The fourth-order valence-electron chi connectivity index (χ4n) is 3.93. The van der Waals surface area contributed by atoms with E-state index in [1.807, 2.05) is 29.7 Å². The zero-order valence-electron chi connectivity index (χ0n) is 17.5. The van der Waals surface area contributed by atoms with Gasteiger partial charge in [0.05, 0.1) is 6.54 Å². The highest BCUT2D eigenvalue weighted by Gasteiger charge is 2.28. The first kappa shape index (κ1) is 20.6. The molecule has 0 atom stereocenters. The van der Waals surface area contributed by atoms with E-state index in [-0.39, 0.29) is 23.8 Å². The normalized spacial score (nSPS) is 13.4. The number of nitrogens with zero attached hydrogens (tertiary/aromatic N) is 1. The first-order chi connectivity index (χ1) is 15.5. The number of H-pyrrole nitrogens is 1. The predicted octanol–water partition coefficient (Wildman–Crippen LogP) is 5.03. The topological polar surface area (TPSA) is 66.9 Å². The highest BCUT2D eigenvalue weighted by atomic mass is 32.2. The molecule has 0 aliphatic heterocycles. The molecule has 1 amide bonds. The number of hydrogen-bond donors (Lipinski definition) is 2. The van der Waals surface area contributed by atoms with E-state index in [4.69, 9.17) is 0 Å². The van der Waals surface area contributed by atoms with Crippen molar-refractivity contribution in [3.8, 4) is 11.1 Å². The van der Waals surface area contributed by atoms with Gasteiger partial charge in [-0.05, 0) is 62.0 Å². The Morgan fingerprint density at radius 1 is 1.19 bits per heavy atom. The van der Waals surface area contributed by atoms with E-state index in [1.54, 1.807) is 36.5 Å². The van der Waals surface area contributed by atoms with Crippen molar-refractivity contribution in [3.05, 3.63) is 93.8 Å². The van der Waals surface area contributed by atoms with Gasteiger partial charge in [-0.25, -0.2) is 4.39 Å². The molecule has 0 spiro atoms. The Morgan fingerprint density at radius 2 is 2.00 bits per heavy atom. The highest BCUT2D eigenvalue weighted by Crippen LogP contribution is 2.36. The minimum absolute atomic E-state index is 0.174. The van der Waals surface area contributed by atoms with Crippen molar-refractivity contribution in [3.63, 3.8) is 0 Å². The number of hydrogen-bond acceptors (Lipinski definition) is 3. The minimum Gasteiger partial charge on any atom is -0.331 e. The molecule has 0 radical (unpaired) electrons. The van der Waals surface area contributed by atoms with Gasteiger partial charge in [0.1, 0.15) is 11.5 Å². The number of halogens is 1. The lowest BCUT2D eigenvalue weighted by atomic mass is 10.0. The number of fused-ring (bicyclic) bond motifs is 1. The van der Waals surface area contributed by atoms with Crippen LogP contribution < -0.4 is 10.3 Å². The van der Waals surface area contributed by atoms with Gasteiger partial charge in [0.15, 0.2) is 0 Å². The first-order valence-corrected chi connectivity index (χ1v) is 11.4. The third kappa shape index (κ3) is 3.84. The average Bonchev–Trinajstić information content (AvgIpc) is 3.56. The van der Waals surface area contributed by atoms with E-state index in [9.17, 15) is 14.0 Å². The zero-order chi connectivity index (χ0) is 22.2. The van der Waals surface area contributed by atoms with Gasteiger partial charge in [-0.2, -0.15) is 0 Å². The third-order valence-corrected chi connectivity index (χ3v) is 6.76. The smallest absolute Gasteiger partial charge is 0.278 e. The van der Waals surface area contributed by atoms with Crippen LogP contribution in [0.4, 0.5) is 4.39 Å². The lowest BCUT2D eigenvalue weighted by Gasteiger charge is -2.13. The summed E-state index contributed by atoms with van der Waals surface area (Å²) in [6.07, 6.45) is 3.72. The number of aromatic nitrogens is 2. The van der Waals surface area contributed by atoms with E-state index < -0.39 is 0 Å². The molecule has 0 bridgehead atoms. The summed E-state index contributed by atoms with van der Waals surface area (Å²) in [5.74, 6) is -0.621. The van der Waals surface area contributed by atoms with Gasteiger partial charge in [0.2, 0.25) is 0 Å². The molecule has 0 saturated heterocycles. The minimum atomic E-state index is -0.334. The second-order valence-corrected chi connectivity index (χ2v) is 9.19. The number of carbonyl (C=O) groups is 1. The van der Waals surface area contributed by atoms with Gasteiger partial charge in [-0.15, -0.1) is 0 Å². The molecule has 1 saturated carbocycles. The molecule has 0 unspecified atom stereocenters. The molecular weight excluding hydrogens is 425 g/mol. The molecule has 1 aliphatic rings. The molecule has 7 heteroatoms. The second kappa shape index (κ2) is 8.31. The van der Waals surface area contributed by atoms with Crippen molar-refractivity contribution in [1.82, 2.24) is 14.3 Å². The third-order valence-electron chi connectivity index (χ3n) is 5.65. The second-order valence-electron chi connectivity index (χ2n) is 8.08. The number of amides is 1. The lowest BCUT2D eigenvalue weighted by molar-refractivity contribution is 0.0977. The van der Waals surface area contributed by atoms with Crippen LogP contribution in [0.3, 0.4) is 0 Å². The van der Waals surface area contributed by atoms with Gasteiger partial charge in [0.25, 0.3) is 11.5 Å². The maximum absolute atomic E-state index is 14.6. The molecule has 162 valence electrons. The summed E-state index contributed by atoms with van der Waals surface area (Å²) in [7, 11) is 0. The summed E-state index contributed by atoms with van der Waals surface area (Å²) in [6.45, 7) is 2.14. The SMILES string of the molecule is Cc1ccc2c(c1)c(-c1ccc[nH]c1=O)c(C(=O)NSC1CC1)n2Cc1ccccc1F. The van der Waals surface area contributed by atoms with Crippen LogP contribution in [0.25, 0.3) is 22.0 Å². The number of carbonyl (C=O) groups excluding carboxylic acids is 1. The molecule has 2 N–H and O–H groups in total. The summed E-state index contributed by atoms with van der Waals surface area (Å²) < 4.78 is 19.3. The molecule has 4 aromatic rings. The Bertz CT molecular complexity index is 1390. The molecule has 1 aliphatic carbocycles. The van der Waals surface area contributed by atoms with Crippen LogP contribution in [0.15, 0.2) is 65.6 Å². The predicted molar refractivity (Wildman–Crippen MR) is 126 cm³/mol. The van der Waals surface area contributed by atoms with Crippen LogP contribution in [0, 0.1) is 12.7 Å².